The highest BCUT2D eigenvalue weighted by molar-refractivity contribution is 5.98. The van der Waals surface area contributed by atoms with E-state index >= 15 is 0 Å². The number of pyridine rings is 1. The maximum atomic E-state index is 11.8. The highest BCUT2D eigenvalue weighted by Gasteiger charge is 2.30. The number of carboxylic acid groups (broad SMARTS) is 1. The standard InChI is InChI=1S/C21H22N4O2/c26-21(27)16-13-17(24-11-4-5-12-24)18-19(14-7-6-8-14)23-25(20(18)22-16)15-9-2-1-3-10-15/h1-3,9-10,13-14H,4-8,11-12H2,(H,26,27). The van der Waals surface area contributed by atoms with Crippen LogP contribution in [0.4, 0.5) is 5.69 Å². The van der Waals surface area contributed by atoms with Gasteiger partial charge in [0.1, 0.15) is 0 Å². The maximum absolute atomic E-state index is 11.8. The van der Waals surface area contributed by atoms with E-state index in [0.717, 1.165) is 61.2 Å². The molecule has 0 radical (unpaired) electrons. The zero-order valence-corrected chi connectivity index (χ0v) is 15.1. The van der Waals surface area contributed by atoms with Crippen molar-refractivity contribution >= 4 is 22.7 Å². The highest BCUT2D eigenvalue weighted by atomic mass is 16.4. The summed E-state index contributed by atoms with van der Waals surface area (Å²) in [5, 5.41) is 15.6. The molecule has 2 fully saturated rings. The van der Waals surface area contributed by atoms with E-state index in [0.29, 0.717) is 11.6 Å². The molecule has 1 aliphatic carbocycles. The van der Waals surface area contributed by atoms with E-state index in [9.17, 15) is 9.90 Å². The molecule has 6 heteroatoms. The minimum Gasteiger partial charge on any atom is -0.477 e. The Hall–Kier alpha value is -2.89. The molecular weight excluding hydrogens is 340 g/mol. The molecule has 1 saturated heterocycles. The fourth-order valence-corrected chi connectivity index (χ4v) is 4.16. The Morgan fingerprint density at radius 3 is 2.44 bits per heavy atom. The summed E-state index contributed by atoms with van der Waals surface area (Å²) in [4.78, 5) is 18.6. The minimum absolute atomic E-state index is 0.0849. The second kappa shape index (κ2) is 6.37. The summed E-state index contributed by atoms with van der Waals surface area (Å²) < 4.78 is 1.83. The van der Waals surface area contributed by atoms with Crippen LogP contribution in [0.5, 0.6) is 0 Å². The number of nitrogens with zero attached hydrogens (tertiary/aromatic N) is 4. The number of rotatable bonds is 4. The first kappa shape index (κ1) is 16.3. The normalized spacial score (nSPS) is 17.4. The molecule has 0 atom stereocenters. The van der Waals surface area contributed by atoms with Crippen LogP contribution in [-0.2, 0) is 0 Å². The smallest absolute Gasteiger partial charge is 0.354 e. The fraction of sp³-hybridized carbons (Fsp3) is 0.381. The summed E-state index contributed by atoms with van der Waals surface area (Å²) in [6, 6.07) is 11.6. The van der Waals surface area contributed by atoms with E-state index in [-0.39, 0.29) is 5.69 Å². The molecule has 5 rings (SSSR count). The van der Waals surface area contributed by atoms with E-state index in [4.69, 9.17) is 5.10 Å². The van der Waals surface area contributed by atoms with Gasteiger partial charge in [0, 0.05) is 19.0 Å². The molecule has 0 amide bonds. The van der Waals surface area contributed by atoms with Gasteiger partial charge in [0.05, 0.1) is 22.5 Å². The largest absolute Gasteiger partial charge is 0.477 e. The number of fused-ring (bicyclic) bond motifs is 1. The van der Waals surface area contributed by atoms with Crippen LogP contribution in [0.15, 0.2) is 36.4 Å². The topological polar surface area (TPSA) is 71.2 Å². The summed E-state index contributed by atoms with van der Waals surface area (Å²) >= 11 is 0. The van der Waals surface area contributed by atoms with Gasteiger partial charge in [-0.05, 0) is 43.9 Å². The molecule has 1 N–H and O–H groups in total. The molecule has 0 bridgehead atoms. The number of hydrogen-bond donors (Lipinski definition) is 1. The third-order valence-corrected chi connectivity index (χ3v) is 5.80. The van der Waals surface area contributed by atoms with Gasteiger partial charge in [-0.2, -0.15) is 5.10 Å². The number of benzene rings is 1. The van der Waals surface area contributed by atoms with Crippen molar-refractivity contribution in [3.8, 4) is 5.69 Å². The average molecular weight is 362 g/mol. The molecular formula is C21H22N4O2. The molecule has 1 saturated carbocycles. The van der Waals surface area contributed by atoms with E-state index in [1.807, 2.05) is 35.0 Å². The van der Waals surface area contributed by atoms with Crippen molar-refractivity contribution in [2.45, 2.75) is 38.0 Å². The van der Waals surface area contributed by atoms with Gasteiger partial charge in [-0.25, -0.2) is 14.5 Å². The molecule has 2 aromatic heterocycles. The first-order valence-corrected chi connectivity index (χ1v) is 9.70. The summed E-state index contributed by atoms with van der Waals surface area (Å²) in [6.45, 7) is 1.91. The van der Waals surface area contributed by atoms with E-state index in [1.165, 1.54) is 6.42 Å². The van der Waals surface area contributed by atoms with Gasteiger partial charge in [0.2, 0.25) is 0 Å². The molecule has 6 nitrogen and oxygen atoms in total. The number of carboxylic acids is 1. The fourth-order valence-electron chi connectivity index (χ4n) is 4.16. The molecule has 0 unspecified atom stereocenters. The third-order valence-electron chi connectivity index (χ3n) is 5.80. The summed E-state index contributed by atoms with van der Waals surface area (Å²) in [5.41, 5.74) is 3.72. The molecule has 2 aliphatic rings. The number of anilines is 1. The lowest BCUT2D eigenvalue weighted by atomic mass is 9.82. The van der Waals surface area contributed by atoms with Crippen LogP contribution >= 0.6 is 0 Å². The Labute approximate surface area is 157 Å². The molecule has 1 aromatic carbocycles. The molecule has 3 aromatic rings. The second-order valence-electron chi connectivity index (χ2n) is 7.48. The van der Waals surface area contributed by atoms with E-state index in [2.05, 4.69) is 9.88 Å². The lowest BCUT2D eigenvalue weighted by Gasteiger charge is -2.25. The molecule has 27 heavy (non-hydrogen) atoms. The van der Waals surface area contributed by atoms with Crippen LogP contribution in [-0.4, -0.2) is 38.9 Å². The number of aromatic carboxylic acids is 1. The average Bonchev–Trinajstić information content (AvgIpc) is 3.29. The van der Waals surface area contributed by atoms with Crippen molar-refractivity contribution in [1.29, 1.82) is 0 Å². The zero-order valence-electron chi connectivity index (χ0n) is 15.1. The van der Waals surface area contributed by atoms with Crippen molar-refractivity contribution in [2.75, 3.05) is 18.0 Å². The van der Waals surface area contributed by atoms with Crippen molar-refractivity contribution < 1.29 is 9.90 Å². The Morgan fingerprint density at radius 1 is 1.07 bits per heavy atom. The summed E-state index contributed by atoms with van der Waals surface area (Å²) in [6.07, 6.45) is 5.78. The van der Waals surface area contributed by atoms with Gasteiger partial charge >= 0.3 is 5.97 Å². The highest BCUT2D eigenvalue weighted by Crippen LogP contribution is 2.43. The molecule has 3 heterocycles. The number of aromatic nitrogens is 3. The Balaban J connectivity index is 1.81. The predicted molar refractivity (Wildman–Crippen MR) is 104 cm³/mol. The SMILES string of the molecule is O=C(O)c1cc(N2CCCC2)c2c(C3CCC3)nn(-c3ccccc3)c2n1. The molecule has 1 aliphatic heterocycles. The van der Waals surface area contributed by atoms with Crippen molar-refractivity contribution in [1.82, 2.24) is 14.8 Å². The van der Waals surface area contributed by atoms with Gasteiger partial charge in [-0.3, -0.25) is 0 Å². The van der Waals surface area contributed by atoms with Crippen molar-refractivity contribution in [2.24, 2.45) is 0 Å². The Morgan fingerprint density at radius 2 is 1.81 bits per heavy atom. The number of hydrogen-bond acceptors (Lipinski definition) is 4. The lowest BCUT2D eigenvalue weighted by Crippen LogP contribution is -2.20. The van der Waals surface area contributed by atoms with E-state index < -0.39 is 5.97 Å². The lowest BCUT2D eigenvalue weighted by molar-refractivity contribution is 0.0691. The van der Waals surface area contributed by atoms with Crippen LogP contribution < -0.4 is 4.90 Å². The van der Waals surface area contributed by atoms with Crippen LogP contribution in [0.2, 0.25) is 0 Å². The van der Waals surface area contributed by atoms with Gasteiger partial charge in [-0.1, -0.05) is 24.6 Å². The molecule has 0 spiro atoms. The predicted octanol–water partition coefficient (Wildman–Crippen LogP) is 3.99. The Bertz CT molecular complexity index is 1000. The van der Waals surface area contributed by atoms with Crippen molar-refractivity contribution in [3.05, 3.63) is 47.8 Å². The van der Waals surface area contributed by atoms with Gasteiger partial charge in [-0.15, -0.1) is 0 Å². The third kappa shape index (κ3) is 2.67. The molecule has 138 valence electrons. The van der Waals surface area contributed by atoms with Crippen LogP contribution in [0.3, 0.4) is 0 Å². The van der Waals surface area contributed by atoms with Crippen LogP contribution in [0.25, 0.3) is 16.7 Å². The first-order valence-electron chi connectivity index (χ1n) is 9.70. The van der Waals surface area contributed by atoms with Crippen molar-refractivity contribution in [3.63, 3.8) is 0 Å². The summed E-state index contributed by atoms with van der Waals surface area (Å²) in [5.74, 6) is -0.556. The van der Waals surface area contributed by atoms with Gasteiger partial charge in [0.15, 0.2) is 11.3 Å². The van der Waals surface area contributed by atoms with Crippen LogP contribution in [0.1, 0.15) is 54.2 Å². The quantitative estimate of drug-likeness (QED) is 0.760. The zero-order chi connectivity index (χ0) is 18.4. The second-order valence-corrected chi connectivity index (χ2v) is 7.48. The summed E-state index contributed by atoms with van der Waals surface area (Å²) in [7, 11) is 0. The number of carbonyl (C=O) groups is 1. The monoisotopic (exact) mass is 362 g/mol. The first-order chi connectivity index (χ1) is 13.2. The van der Waals surface area contributed by atoms with E-state index in [1.54, 1.807) is 6.07 Å². The van der Waals surface area contributed by atoms with Gasteiger partial charge in [0.25, 0.3) is 0 Å². The minimum atomic E-state index is -0.997. The van der Waals surface area contributed by atoms with Crippen LogP contribution in [0, 0.1) is 0 Å². The number of para-hydroxylation sites is 1. The maximum Gasteiger partial charge on any atom is 0.354 e. The van der Waals surface area contributed by atoms with Gasteiger partial charge < -0.3 is 10.0 Å². The Kier molecular flexibility index (Phi) is 3.85.